The number of sulfonamides is 1. The van der Waals surface area contributed by atoms with Crippen LogP contribution in [-0.2, 0) is 21.2 Å². The summed E-state index contributed by atoms with van der Waals surface area (Å²) in [4.78, 5) is 12.4. The number of ether oxygens (including phenoxy) is 1. The molecule has 0 aliphatic heterocycles. The molecule has 4 rings (SSSR count). The lowest BCUT2D eigenvalue weighted by Gasteiger charge is -2.10. The minimum Gasteiger partial charge on any atom is -0.484 e. The van der Waals surface area contributed by atoms with E-state index in [0.29, 0.717) is 24.4 Å². The summed E-state index contributed by atoms with van der Waals surface area (Å²) in [5, 5.41) is 2.71. The van der Waals surface area contributed by atoms with Crippen molar-refractivity contribution in [3.05, 3.63) is 115 Å². The predicted octanol–water partition coefficient (Wildman–Crippen LogP) is 4.89. The van der Waals surface area contributed by atoms with Gasteiger partial charge in [-0.3, -0.25) is 4.79 Å². The summed E-state index contributed by atoms with van der Waals surface area (Å²) in [6, 6.07) is 33.2. The highest BCUT2D eigenvalue weighted by molar-refractivity contribution is 7.89. The van der Waals surface area contributed by atoms with Gasteiger partial charge in [0.1, 0.15) is 5.75 Å². The van der Waals surface area contributed by atoms with Crippen LogP contribution in [0.4, 0.5) is 5.69 Å². The number of rotatable bonds is 10. The standard InChI is InChI=1S/C28H26N2O4S/c31-28(21-34-26-15-11-24(12-16-26)23-9-5-2-6-10-23)30-25-13-17-27(18-14-25)35(32,33)29-20-19-22-7-3-1-4-8-22/h1-18,29H,19-21H2,(H,30,31). The molecule has 0 saturated heterocycles. The maximum atomic E-state index is 12.5. The molecule has 1 amide bonds. The third kappa shape index (κ3) is 7.02. The second kappa shape index (κ2) is 11.5. The van der Waals surface area contributed by atoms with Gasteiger partial charge in [-0.25, -0.2) is 13.1 Å². The molecule has 2 N–H and O–H groups in total. The second-order valence-corrected chi connectivity index (χ2v) is 9.65. The quantitative estimate of drug-likeness (QED) is 0.334. The average Bonchev–Trinajstić information content (AvgIpc) is 2.89. The number of anilines is 1. The number of hydrogen-bond acceptors (Lipinski definition) is 4. The fourth-order valence-electron chi connectivity index (χ4n) is 3.50. The van der Waals surface area contributed by atoms with Gasteiger partial charge in [0.05, 0.1) is 4.90 Å². The SMILES string of the molecule is O=C(COc1ccc(-c2ccccc2)cc1)Nc1ccc(S(=O)(=O)NCCc2ccccc2)cc1. The first-order valence-corrected chi connectivity index (χ1v) is 12.7. The van der Waals surface area contributed by atoms with Crippen LogP contribution in [0.1, 0.15) is 5.56 Å². The Balaban J connectivity index is 1.25. The van der Waals surface area contributed by atoms with Crippen molar-refractivity contribution in [3.8, 4) is 16.9 Å². The molecule has 35 heavy (non-hydrogen) atoms. The lowest BCUT2D eigenvalue weighted by atomic mass is 10.1. The third-order valence-corrected chi connectivity index (χ3v) is 6.81. The van der Waals surface area contributed by atoms with Crippen molar-refractivity contribution in [1.82, 2.24) is 4.72 Å². The van der Waals surface area contributed by atoms with E-state index in [4.69, 9.17) is 4.74 Å². The molecule has 4 aromatic carbocycles. The Morgan fingerprint density at radius 1 is 0.714 bits per heavy atom. The highest BCUT2D eigenvalue weighted by Crippen LogP contribution is 2.22. The van der Waals surface area contributed by atoms with Crippen LogP contribution in [-0.4, -0.2) is 27.5 Å². The van der Waals surface area contributed by atoms with Crippen LogP contribution in [0.25, 0.3) is 11.1 Å². The molecular weight excluding hydrogens is 460 g/mol. The maximum Gasteiger partial charge on any atom is 0.262 e. The first kappa shape index (κ1) is 24.2. The molecule has 0 aliphatic carbocycles. The number of nitrogens with one attached hydrogen (secondary N) is 2. The van der Waals surface area contributed by atoms with E-state index in [1.807, 2.05) is 84.9 Å². The average molecular weight is 487 g/mol. The van der Waals surface area contributed by atoms with E-state index in [2.05, 4.69) is 10.0 Å². The van der Waals surface area contributed by atoms with Crippen LogP contribution in [0.3, 0.4) is 0 Å². The van der Waals surface area contributed by atoms with Crippen molar-refractivity contribution < 1.29 is 17.9 Å². The van der Waals surface area contributed by atoms with Crippen molar-refractivity contribution in [3.63, 3.8) is 0 Å². The summed E-state index contributed by atoms with van der Waals surface area (Å²) in [6.45, 7) is 0.139. The Bertz CT molecular complexity index is 1340. The predicted molar refractivity (Wildman–Crippen MR) is 138 cm³/mol. The number of hydrogen-bond donors (Lipinski definition) is 2. The zero-order valence-electron chi connectivity index (χ0n) is 19.1. The van der Waals surface area contributed by atoms with E-state index in [0.717, 1.165) is 16.7 Å². The molecule has 0 unspecified atom stereocenters. The lowest BCUT2D eigenvalue weighted by molar-refractivity contribution is -0.118. The largest absolute Gasteiger partial charge is 0.484 e. The molecule has 6 nitrogen and oxygen atoms in total. The normalized spacial score (nSPS) is 11.1. The number of carbonyl (C=O) groups excluding carboxylic acids is 1. The topological polar surface area (TPSA) is 84.5 Å². The van der Waals surface area contributed by atoms with E-state index in [-0.39, 0.29) is 17.4 Å². The lowest BCUT2D eigenvalue weighted by Crippen LogP contribution is -2.26. The van der Waals surface area contributed by atoms with Gasteiger partial charge in [-0.1, -0.05) is 72.8 Å². The second-order valence-electron chi connectivity index (χ2n) is 7.89. The van der Waals surface area contributed by atoms with E-state index in [1.54, 1.807) is 12.1 Å². The Hall–Kier alpha value is -3.94. The molecule has 0 heterocycles. The Morgan fingerprint density at radius 2 is 1.31 bits per heavy atom. The molecule has 0 bridgehead atoms. The third-order valence-electron chi connectivity index (χ3n) is 5.33. The highest BCUT2D eigenvalue weighted by Gasteiger charge is 2.13. The smallest absolute Gasteiger partial charge is 0.262 e. The van der Waals surface area contributed by atoms with Gasteiger partial charge in [-0.05, 0) is 59.5 Å². The van der Waals surface area contributed by atoms with Crippen LogP contribution in [0.15, 0.2) is 114 Å². The number of benzene rings is 4. The van der Waals surface area contributed by atoms with E-state index in [1.165, 1.54) is 12.1 Å². The summed E-state index contributed by atoms with van der Waals surface area (Å²) in [6.07, 6.45) is 0.600. The Morgan fingerprint density at radius 3 is 1.97 bits per heavy atom. The van der Waals surface area contributed by atoms with Gasteiger partial charge in [0.2, 0.25) is 10.0 Å². The molecule has 0 spiro atoms. The van der Waals surface area contributed by atoms with Gasteiger partial charge in [0.25, 0.3) is 5.91 Å². The van der Waals surface area contributed by atoms with Crippen molar-refractivity contribution >= 4 is 21.6 Å². The van der Waals surface area contributed by atoms with Gasteiger partial charge in [-0.2, -0.15) is 0 Å². The van der Waals surface area contributed by atoms with Crippen LogP contribution in [0, 0.1) is 0 Å². The zero-order chi connectivity index (χ0) is 24.5. The van der Waals surface area contributed by atoms with E-state index in [9.17, 15) is 13.2 Å². The van der Waals surface area contributed by atoms with E-state index >= 15 is 0 Å². The molecular formula is C28H26N2O4S. The molecule has 0 aliphatic rings. The fraction of sp³-hybridized carbons (Fsp3) is 0.107. The summed E-state index contributed by atoms with van der Waals surface area (Å²) < 4.78 is 33.2. The molecule has 0 fully saturated rings. The molecule has 178 valence electrons. The first-order chi connectivity index (χ1) is 17.0. The van der Waals surface area contributed by atoms with Crippen LogP contribution >= 0.6 is 0 Å². The van der Waals surface area contributed by atoms with E-state index < -0.39 is 10.0 Å². The van der Waals surface area contributed by atoms with Gasteiger partial charge in [-0.15, -0.1) is 0 Å². The summed E-state index contributed by atoms with van der Waals surface area (Å²) in [5.41, 5.74) is 3.71. The summed E-state index contributed by atoms with van der Waals surface area (Å²) in [7, 11) is -3.63. The zero-order valence-corrected chi connectivity index (χ0v) is 19.9. The molecule has 0 aromatic heterocycles. The minimum absolute atomic E-state index is 0.137. The molecule has 7 heteroatoms. The van der Waals surface area contributed by atoms with Crippen LogP contribution < -0.4 is 14.8 Å². The molecule has 4 aromatic rings. The molecule has 0 radical (unpaired) electrons. The number of amides is 1. The molecule has 0 atom stereocenters. The van der Waals surface area contributed by atoms with Gasteiger partial charge in [0, 0.05) is 12.2 Å². The van der Waals surface area contributed by atoms with Crippen LogP contribution in [0.5, 0.6) is 5.75 Å². The van der Waals surface area contributed by atoms with Gasteiger partial charge < -0.3 is 10.1 Å². The van der Waals surface area contributed by atoms with Crippen molar-refractivity contribution in [2.45, 2.75) is 11.3 Å². The minimum atomic E-state index is -3.63. The first-order valence-electron chi connectivity index (χ1n) is 11.2. The fourth-order valence-corrected chi connectivity index (χ4v) is 4.53. The summed E-state index contributed by atoms with van der Waals surface area (Å²) in [5.74, 6) is 0.247. The Labute approximate surface area is 205 Å². The van der Waals surface area contributed by atoms with Gasteiger partial charge in [0.15, 0.2) is 6.61 Å². The van der Waals surface area contributed by atoms with Crippen LogP contribution in [0.2, 0.25) is 0 Å². The maximum absolute atomic E-state index is 12.5. The van der Waals surface area contributed by atoms with Crippen molar-refractivity contribution in [1.29, 1.82) is 0 Å². The van der Waals surface area contributed by atoms with Crippen molar-refractivity contribution in [2.24, 2.45) is 0 Å². The molecule has 0 saturated carbocycles. The Kier molecular flexibility index (Phi) is 7.92. The highest BCUT2D eigenvalue weighted by atomic mass is 32.2. The van der Waals surface area contributed by atoms with Crippen molar-refractivity contribution in [2.75, 3.05) is 18.5 Å². The summed E-state index contributed by atoms with van der Waals surface area (Å²) >= 11 is 0. The van der Waals surface area contributed by atoms with Gasteiger partial charge >= 0.3 is 0 Å². The number of carbonyl (C=O) groups is 1. The monoisotopic (exact) mass is 486 g/mol.